The van der Waals surface area contributed by atoms with Gasteiger partial charge in [0.25, 0.3) is 11.8 Å². The number of carbonyl (C=O) groups is 2. The van der Waals surface area contributed by atoms with Crippen molar-refractivity contribution in [2.75, 3.05) is 11.9 Å². The number of nitrogens with two attached hydrogens (primary N) is 1. The van der Waals surface area contributed by atoms with Gasteiger partial charge in [0, 0.05) is 17.8 Å². The van der Waals surface area contributed by atoms with Crippen molar-refractivity contribution < 1.29 is 33.1 Å². The summed E-state index contributed by atoms with van der Waals surface area (Å²) < 4.78 is 36.5. The second kappa shape index (κ2) is 11.5. The van der Waals surface area contributed by atoms with Crippen LogP contribution in [0, 0.1) is 17.6 Å². The maximum Gasteiger partial charge on any atom is 0.267 e. The molecule has 1 aliphatic heterocycles. The zero-order valence-electron chi connectivity index (χ0n) is 18.5. The van der Waals surface area contributed by atoms with Crippen molar-refractivity contribution in [1.29, 1.82) is 0 Å². The third kappa shape index (κ3) is 6.95. The first-order valence-electron chi connectivity index (χ1n) is 10.8. The highest BCUT2D eigenvalue weighted by Gasteiger charge is 2.29. The monoisotopic (exact) mass is 476 g/mol. The molecule has 1 aromatic carbocycles. The fraction of sp³-hybridized carbons (Fsp3) is 0.391. The Morgan fingerprint density at radius 3 is 2.65 bits per heavy atom. The van der Waals surface area contributed by atoms with Gasteiger partial charge in [0.2, 0.25) is 5.82 Å². The summed E-state index contributed by atoms with van der Waals surface area (Å²) in [6.45, 7) is 1.92. The average Bonchev–Trinajstić information content (AvgIpc) is 3.56. The molecule has 34 heavy (non-hydrogen) atoms. The molecule has 4 N–H and O–H groups in total. The summed E-state index contributed by atoms with van der Waals surface area (Å²) in [7, 11) is 0. The summed E-state index contributed by atoms with van der Waals surface area (Å²) in [5.74, 6) is -2.75. The van der Waals surface area contributed by atoms with Crippen molar-refractivity contribution in [3.05, 3.63) is 53.9 Å². The quantitative estimate of drug-likeness (QED) is 0.319. The molecule has 2 atom stereocenters. The average molecular weight is 476 g/mol. The van der Waals surface area contributed by atoms with E-state index in [-0.39, 0.29) is 36.0 Å². The van der Waals surface area contributed by atoms with E-state index in [0.29, 0.717) is 17.8 Å². The summed E-state index contributed by atoms with van der Waals surface area (Å²) in [6.07, 6.45) is 4.60. The Hall–Kier alpha value is -3.60. The Kier molecular flexibility index (Phi) is 8.47. The van der Waals surface area contributed by atoms with Crippen LogP contribution in [0.1, 0.15) is 43.1 Å². The van der Waals surface area contributed by atoms with E-state index in [2.05, 4.69) is 15.5 Å². The van der Waals surface area contributed by atoms with Crippen LogP contribution >= 0.6 is 0 Å². The van der Waals surface area contributed by atoms with Crippen LogP contribution in [0.4, 0.5) is 14.5 Å². The summed E-state index contributed by atoms with van der Waals surface area (Å²) in [5, 5.41) is 14.5. The number of nitrogens with one attached hydrogen (secondary N) is 1. The number of primary amides is 1. The molecule has 2 aliphatic rings. The normalized spacial score (nSPS) is 19.7. The molecule has 1 aliphatic carbocycles. The predicted molar refractivity (Wildman–Crippen MR) is 119 cm³/mol. The number of oxime groups is 1. The Morgan fingerprint density at radius 2 is 2.03 bits per heavy atom. The van der Waals surface area contributed by atoms with E-state index in [1.807, 2.05) is 6.92 Å². The molecule has 1 aromatic heterocycles. The molecule has 1 saturated carbocycles. The van der Waals surface area contributed by atoms with Gasteiger partial charge in [-0.3, -0.25) is 14.6 Å². The molecule has 0 bridgehead atoms. The van der Waals surface area contributed by atoms with Gasteiger partial charge in [0.05, 0.1) is 11.8 Å². The number of halogens is 2. The fourth-order valence-corrected chi connectivity index (χ4v) is 3.25. The summed E-state index contributed by atoms with van der Waals surface area (Å²) in [5.41, 5.74) is 6.20. The van der Waals surface area contributed by atoms with Crippen LogP contribution < -0.4 is 15.8 Å². The van der Waals surface area contributed by atoms with Crippen LogP contribution in [0.15, 0.2) is 41.7 Å². The van der Waals surface area contributed by atoms with Crippen molar-refractivity contribution in [3.8, 4) is 5.75 Å². The highest BCUT2D eigenvalue weighted by Crippen LogP contribution is 2.31. The van der Waals surface area contributed by atoms with E-state index in [0.717, 1.165) is 25.3 Å². The lowest BCUT2D eigenvalue weighted by Crippen LogP contribution is -2.28. The lowest BCUT2D eigenvalue weighted by molar-refractivity contribution is -0.126. The molecular formula is C23H26F2N4O5. The molecule has 4 rings (SSSR count). The zero-order valence-corrected chi connectivity index (χ0v) is 18.5. The van der Waals surface area contributed by atoms with Crippen molar-refractivity contribution >= 4 is 23.2 Å². The molecule has 2 unspecified atom stereocenters. The van der Waals surface area contributed by atoms with Crippen LogP contribution in [-0.4, -0.2) is 46.5 Å². The van der Waals surface area contributed by atoms with E-state index in [1.54, 1.807) is 6.07 Å². The number of aromatic nitrogens is 1. The van der Waals surface area contributed by atoms with Gasteiger partial charge in [0.15, 0.2) is 11.6 Å². The van der Waals surface area contributed by atoms with E-state index < -0.39 is 23.6 Å². The number of amides is 2. The molecule has 2 fully saturated rings. The minimum Gasteiger partial charge on any atom is -0.484 e. The smallest absolute Gasteiger partial charge is 0.267 e. The van der Waals surface area contributed by atoms with Crippen LogP contribution in [0.25, 0.3) is 0 Å². The first-order chi connectivity index (χ1) is 16.3. The van der Waals surface area contributed by atoms with E-state index in [4.69, 9.17) is 20.4 Å². The molecule has 0 radical (unpaired) electrons. The number of rotatable bonds is 7. The first-order valence-corrected chi connectivity index (χ1v) is 10.8. The van der Waals surface area contributed by atoms with Gasteiger partial charge in [0.1, 0.15) is 18.4 Å². The van der Waals surface area contributed by atoms with E-state index in [9.17, 15) is 18.4 Å². The summed E-state index contributed by atoms with van der Waals surface area (Å²) in [4.78, 5) is 26.6. The largest absolute Gasteiger partial charge is 0.484 e. The summed E-state index contributed by atoms with van der Waals surface area (Å²) >= 11 is 0. The molecule has 11 heteroatoms. The third-order valence-electron chi connectivity index (χ3n) is 5.27. The standard InChI is InChI=1S/C12H15N3O3.C11H11F2NO2/c1-7-2-3-10(18-7)12(17)15-8-4-5-14-9(6-8)11(13)16;12-8-2-1-3-10(11(8)13)16-6-9(14-15)7-4-5-7/h4-7,10H,2-3H2,1H3,(H2,13,16)(H,14,15,17);1-3,7,15H,4-6H2/b;14-9+. The van der Waals surface area contributed by atoms with Gasteiger partial charge in [-0.05, 0) is 56.9 Å². The summed E-state index contributed by atoms with van der Waals surface area (Å²) in [6, 6.07) is 6.76. The van der Waals surface area contributed by atoms with E-state index in [1.165, 1.54) is 24.4 Å². The first kappa shape index (κ1) is 25.0. The van der Waals surface area contributed by atoms with Crippen LogP contribution in [-0.2, 0) is 9.53 Å². The number of pyridine rings is 1. The van der Waals surface area contributed by atoms with Gasteiger partial charge < -0.3 is 25.7 Å². The number of benzene rings is 1. The number of carbonyl (C=O) groups excluding carboxylic acids is 2. The number of anilines is 1. The number of hydrogen-bond acceptors (Lipinski definition) is 7. The second-order valence-corrected chi connectivity index (χ2v) is 8.00. The van der Waals surface area contributed by atoms with Crippen molar-refractivity contribution in [2.24, 2.45) is 16.8 Å². The van der Waals surface area contributed by atoms with Crippen molar-refractivity contribution in [3.63, 3.8) is 0 Å². The molecular weight excluding hydrogens is 450 g/mol. The zero-order chi connectivity index (χ0) is 24.7. The fourth-order valence-electron chi connectivity index (χ4n) is 3.25. The molecule has 0 spiro atoms. The molecule has 1 saturated heterocycles. The molecule has 182 valence electrons. The Labute approximate surface area is 194 Å². The second-order valence-electron chi connectivity index (χ2n) is 8.00. The van der Waals surface area contributed by atoms with Crippen molar-refractivity contribution in [1.82, 2.24) is 4.98 Å². The van der Waals surface area contributed by atoms with Crippen LogP contribution in [0.5, 0.6) is 5.75 Å². The Morgan fingerprint density at radius 1 is 1.26 bits per heavy atom. The number of nitrogens with zero attached hydrogens (tertiary/aromatic N) is 2. The lowest BCUT2D eigenvalue weighted by atomic mass is 10.2. The van der Waals surface area contributed by atoms with Crippen molar-refractivity contribution in [2.45, 2.75) is 44.8 Å². The third-order valence-corrected chi connectivity index (χ3v) is 5.27. The Balaban J connectivity index is 0.000000192. The molecule has 2 amide bonds. The molecule has 9 nitrogen and oxygen atoms in total. The highest BCUT2D eigenvalue weighted by atomic mass is 19.2. The Bertz CT molecular complexity index is 1060. The van der Waals surface area contributed by atoms with Crippen LogP contribution in [0.2, 0.25) is 0 Å². The van der Waals surface area contributed by atoms with Gasteiger partial charge in [-0.1, -0.05) is 11.2 Å². The lowest BCUT2D eigenvalue weighted by Gasteiger charge is -2.11. The van der Waals surface area contributed by atoms with Gasteiger partial charge in [-0.2, -0.15) is 4.39 Å². The van der Waals surface area contributed by atoms with Crippen LogP contribution in [0.3, 0.4) is 0 Å². The van der Waals surface area contributed by atoms with Gasteiger partial charge in [-0.15, -0.1) is 0 Å². The topological polar surface area (TPSA) is 136 Å². The SMILES string of the molecule is CC1CCC(C(=O)Nc2ccnc(C(N)=O)c2)O1.O/N=C(\COc1cccc(F)c1F)C1CC1. The highest BCUT2D eigenvalue weighted by molar-refractivity contribution is 5.96. The maximum atomic E-state index is 13.2. The van der Waals surface area contributed by atoms with Gasteiger partial charge in [-0.25, -0.2) is 4.39 Å². The van der Waals surface area contributed by atoms with E-state index >= 15 is 0 Å². The minimum absolute atomic E-state index is 0.0124. The predicted octanol–water partition coefficient (Wildman–Crippen LogP) is 3.27. The maximum absolute atomic E-state index is 13.2. The number of hydrogen-bond donors (Lipinski definition) is 3. The minimum atomic E-state index is -1.02. The molecule has 2 heterocycles. The number of ether oxygens (including phenoxy) is 2. The van der Waals surface area contributed by atoms with Gasteiger partial charge >= 0.3 is 0 Å². The molecule has 2 aromatic rings.